The number of hydrogen-bond acceptors (Lipinski definition) is 3. The number of hydrogen-bond donors (Lipinski definition) is 2. The van der Waals surface area contributed by atoms with Crippen molar-refractivity contribution in [2.45, 2.75) is 17.1 Å². The zero-order valence-corrected chi connectivity index (χ0v) is 21.2. The second-order valence-electron chi connectivity index (χ2n) is 8.12. The molecule has 180 valence electrons. The molecule has 0 aromatic heterocycles. The van der Waals surface area contributed by atoms with E-state index < -0.39 is 5.25 Å². The van der Waals surface area contributed by atoms with Crippen molar-refractivity contribution in [3.8, 4) is 0 Å². The van der Waals surface area contributed by atoms with Gasteiger partial charge in [-0.2, -0.15) is 0 Å². The summed E-state index contributed by atoms with van der Waals surface area (Å²) in [5, 5.41) is 5.98. The van der Waals surface area contributed by atoms with Gasteiger partial charge in [-0.3, -0.25) is 9.59 Å². The van der Waals surface area contributed by atoms with Gasteiger partial charge < -0.3 is 10.6 Å². The molecule has 0 bridgehead atoms. The van der Waals surface area contributed by atoms with Crippen LogP contribution in [0.4, 0.5) is 11.4 Å². The van der Waals surface area contributed by atoms with Crippen LogP contribution in [0.25, 0.3) is 6.08 Å². The molecule has 0 radical (unpaired) electrons. The number of nitrogens with one attached hydrogen (secondary N) is 2. The van der Waals surface area contributed by atoms with E-state index >= 15 is 0 Å². The Bertz CT molecular complexity index is 1360. The Morgan fingerprint density at radius 2 is 1.44 bits per heavy atom. The first kappa shape index (κ1) is 25.3. The predicted molar refractivity (Wildman–Crippen MR) is 150 cm³/mol. The van der Waals surface area contributed by atoms with Gasteiger partial charge in [0, 0.05) is 27.4 Å². The number of amides is 2. The van der Waals surface area contributed by atoms with Crippen LogP contribution in [-0.4, -0.2) is 11.8 Å². The van der Waals surface area contributed by atoms with Gasteiger partial charge in [-0.1, -0.05) is 78.3 Å². The number of carbonyl (C=O) groups excluding carboxylic acids is 2. The summed E-state index contributed by atoms with van der Waals surface area (Å²) in [5.74, 6) is -0.355. The molecule has 1 unspecified atom stereocenters. The number of thioether (sulfide) groups is 1. The van der Waals surface area contributed by atoms with Crippen LogP contribution in [0, 0.1) is 6.92 Å². The monoisotopic (exact) mass is 512 g/mol. The molecule has 0 aliphatic heterocycles. The van der Waals surface area contributed by atoms with Crippen molar-refractivity contribution in [2.24, 2.45) is 0 Å². The van der Waals surface area contributed by atoms with Crippen LogP contribution in [0.15, 0.2) is 114 Å². The number of halogens is 1. The van der Waals surface area contributed by atoms with Crippen LogP contribution in [0.3, 0.4) is 0 Å². The fourth-order valence-electron chi connectivity index (χ4n) is 3.45. The molecule has 0 heterocycles. The fraction of sp³-hybridized carbons (Fsp3) is 0.0667. The van der Waals surface area contributed by atoms with Crippen LogP contribution in [0.5, 0.6) is 0 Å². The maximum absolute atomic E-state index is 13.3. The van der Waals surface area contributed by atoms with E-state index in [1.807, 2.05) is 104 Å². The Labute approximate surface area is 220 Å². The molecule has 4 aromatic carbocycles. The molecule has 4 rings (SSSR count). The average molecular weight is 513 g/mol. The summed E-state index contributed by atoms with van der Waals surface area (Å²) >= 11 is 7.67. The van der Waals surface area contributed by atoms with Crippen molar-refractivity contribution in [3.05, 3.63) is 131 Å². The van der Waals surface area contributed by atoms with Crippen LogP contribution in [-0.2, 0) is 9.59 Å². The molecule has 2 N–H and O–H groups in total. The maximum Gasteiger partial charge on any atom is 0.248 e. The number of rotatable bonds is 8. The molecule has 0 fully saturated rings. The van der Waals surface area contributed by atoms with E-state index in [0.717, 1.165) is 21.6 Å². The van der Waals surface area contributed by atoms with Crippen LogP contribution in [0.1, 0.15) is 21.9 Å². The van der Waals surface area contributed by atoms with Crippen molar-refractivity contribution in [1.82, 2.24) is 0 Å². The predicted octanol–water partition coefficient (Wildman–Crippen LogP) is 7.77. The highest BCUT2D eigenvalue weighted by atomic mass is 35.5. The molecular weight excluding hydrogens is 488 g/mol. The summed E-state index contributed by atoms with van der Waals surface area (Å²) < 4.78 is 0. The molecule has 0 aliphatic carbocycles. The van der Waals surface area contributed by atoms with Gasteiger partial charge in [0.1, 0.15) is 5.25 Å². The molecule has 4 aromatic rings. The van der Waals surface area contributed by atoms with Gasteiger partial charge in [-0.25, -0.2) is 0 Å². The van der Waals surface area contributed by atoms with Crippen molar-refractivity contribution < 1.29 is 9.59 Å². The molecule has 6 heteroatoms. The van der Waals surface area contributed by atoms with Gasteiger partial charge in [0.05, 0.1) is 0 Å². The number of anilines is 2. The molecule has 2 amide bonds. The lowest BCUT2D eigenvalue weighted by Crippen LogP contribution is -2.19. The molecule has 36 heavy (non-hydrogen) atoms. The van der Waals surface area contributed by atoms with E-state index in [9.17, 15) is 9.59 Å². The largest absolute Gasteiger partial charge is 0.325 e. The number of aryl methyl sites for hydroxylation is 1. The second kappa shape index (κ2) is 12.2. The van der Waals surface area contributed by atoms with Crippen LogP contribution >= 0.6 is 23.4 Å². The maximum atomic E-state index is 13.3. The van der Waals surface area contributed by atoms with Gasteiger partial charge in [0.25, 0.3) is 0 Å². The second-order valence-corrected chi connectivity index (χ2v) is 9.71. The van der Waals surface area contributed by atoms with Gasteiger partial charge in [0.15, 0.2) is 0 Å². The Hall–Kier alpha value is -3.80. The van der Waals surface area contributed by atoms with Gasteiger partial charge >= 0.3 is 0 Å². The summed E-state index contributed by atoms with van der Waals surface area (Å²) in [7, 11) is 0. The van der Waals surface area contributed by atoms with Gasteiger partial charge in [0.2, 0.25) is 11.8 Å². The third kappa shape index (κ3) is 7.11. The summed E-state index contributed by atoms with van der Waals surface area (Å²) in [6.45, 7) is 1.92. The minimum absolute atomic E-state index is 0.144. The highest BCUT2D eigenvalue weighted by Crippen LogP contribution is 2.37. The lowest BCUT2D eigenvalue weighted by Gasteiger charge is -2.18. The molecule has 0 aliphatic rings. The van der Waals surface area contributed by atoms with Crippen LogP contribution < -0.4 is 10.6 Å². The van der Waals surface area contributed by atoms with E-state index in [-0.39, 0.29) is 11.8 Å². The van der Waals surface area contributed by atoms with Crippen LogP contribution in [0.2, 0.25) is 5.02 Å². The number of benzene rings is 4. The van der Waals surface area contributed by atoms with Crippen molar-refractivity contribution >= 4 is 52.6 Å². The first-order valence-electron chi connectivity index (χ1n) is 11.4. The first-order valence-corrected chi connectivity index (χ1v) is 12.7. The Morgan fingerprint density at radius 3 is 2.11 bits per heavy atom. The normalized spacial score (nSPS) is 11.7. The Balaban J connectivity index is 1.44. The number of carbonyl (C=O) groups is 2. The highest BCUT2D eigenvalue weighted by Gasteiger charge is 2.22. The zero-order chi connectivity index (χ0) is 25.3. The van der Waals surface area contributed by atoms with Gasteiger partial charge in [-0.05, 0) is 66.1 Å². The van der Waals surface area contributed by atoms with E-state index in [2.05, 4.69) is 10.6 Å². The van der Waals surface area contributed by atoms with E-state index in [1.165, 1.54) is 17.8 Å². The summed E-state index contributed by atoms with van der Waals surface area (Å²) in [4.78, 5) is 26.5. The highest BCUT2D eigenvalue weighted by molar-refractivity contribution is 8.00. The average Bonchev–Trinajstić information content (AvgIpc) is 2.90. The van der Waals surface area contributed by atoms with E-state index in [0.29, 0.717) is 16.4 Å². The molecule has 1 atom stereocenters. The molecule has 0 saturated carbocycles. The topological polar surface area (TPSA) is 58.2 Å². The fourth-order valence-corrected chi connectivity index (χ4v) is 4.66. The van der Waals surface area contributed by atoms with Crippen molar-refractivity contribution in [3.63, 3.8) is 0 Å². The summed E-state index contributed by atoms with van der Waals surface area (Å²) in [5.41, 5.74) is 4.13. The van der Waals surface area contributed by atoms with Gasteiger partial charge in [-0.15, -0.1) is 11.8 Å². The summed E-state index contributed by atoms with van der Waals surface area (Å²) in [6, 6.07) is 32.2. The lowest BCUT2D eigenvalue weighted by atomic mass is 10.1. The Kier molecular flexibility index (Phi) is 8.61. The SMILES string of the molecule is Cc1ccc(NC(=O)C(Sc2ccc(NC(=O)/C=C/c3ccccc3)cc2)c2ccccc2)cc1Cl. The van der Waals surface area contributed by atoms with Crippen molar-refractivity contribution in [2.75, 3.05) is 10.6 Å². The third-order valence-corrected chi connectivity index (χ3v) is 7.06. The van der Waals surface area contributed by atoms with E-state index in [4.69, 9.17) is 11.6 Å². The molecular formula is C30H25ClN2O2S. The minimum Gasteiger partial charge on any atom is -0.325 e. The minimum atomic E-state index is -0.472. The standard InChI is InChI=1S/C30H25ClN2O2S/c1-21-12-14-25(20-27(21)31)33-30(35)29(23-10-6-3-7-11-23)36-26-17-15-24(16-18-26)32-28(34)19-13-22-8-4-2-5-9-22/h2-20,29H,1H3,(H,32,34)(H,33,35)/b19-13+. The zero-order valence-electron chi connectivity index (χ0n) is 19.6. The molecule has 0 saturated heterocycles. The third-order valence-electron chi connectivity index (χ3n) is 5.38. The molecule has 4 nitrogen and oxygen atoms in total. The van der Waals surface area contributed by atoms with Crippen molar-refractivity contribution in [1.29, 1.82) is 0 Å². The smallest absolute Gasteiger partial charge is 0.248 e. The molecule has 0 spiro atoms. The Morgan fingerprint density at radius 1 is 0.806 bits per heavy atom. The lowest BCUT2D eigenvalue weighted by molar-refractivity contribution is -0.116. The first-order chi connectivity index (χ1) is 17.5. The quantitative estimate of drug-likeness (QED) is 0.187. The summed E-state index contributed by atoms with van der Waals surface area (Å²) in [6.07, 6.45) is 3.27. The van der Waals surface area contributed by atoms with E-state index in [1.54, 1.807) is 12.1 Å².